The minimum atomic E-state index is -0.914. The smallest absolute Gasteiger partial charge is 0.316 e. The van der Waals surface area contributed by atoms with Crippen molar-refractivity contribution in [3.63, 3.8) is 0 Å². The lowest BCUT2D eigenvalue weighted by molar-refractivity contribution is -0.157. The van der Waals surface area contributed by atoms with Crippen LogP contribution in [0.15, 0.2) is 0 Å². The van der Waals surface area contributed by atoms with Gasteiger partial charge in [-0.25, -0.2) is 0 Å². The molecule has 0 spiro atoms. The quantitative estimate of drug-likeness (QED) is 0.449. The van der Waals surface area contributed by atoms with Crippen LogP contribution < -0.4 is 0 Å². The molecular formula is C12H20O4. The fourth-order valence-electron chi connectivity index (χ4n) is 1.85. The second kappa shape index (κ2) is 5.43. The Balaban J connectivity index is 2.49. The Morgan fingerprint density at radius 1 is 1.62 bits per heavy atom. The Bertz CT molecular complexity index is 270. The molecule has 0 amide bonds. The predicted octanol–water partition coefficient (Wildman–Crippen LogP) is 1.45. The zero-order chi connectivity index (χ0) is 12.2. The van der Waals surface area contributed by atoms with Crippen molar-refractivity contribution in [1.82, 2.24) is 0 Å². The van der Waals surface area contributed by atoms with Gasteiger partial charge in [0.25, 0.3) is 0 Å². The molecule has 0 aromatic rings. The number of aliphatic hydroxyl groups is 1. The molecule has 1 rings (SSSR count). The van der Waals surface area contributed by atoms with Crippen molar-refractivity contribution in [2.24, 2.45) is 5.92 Å². The van der Waals surface area contributed by atoms with E-state index in [1.165, 1.54) is 0 Å². The highest BCUT2D eigenvalue weighted by Crippen LogP contribution is 2.30. The molecule has 1 aliphatic carbocycles. The van der Waals surface area contributed by atoms with Crippen LogP contribution in [0.2, 0.25) is 0 Å². The van der Waals surface area contributed by atoms with E-state index in [0.717, 1.165) is 12.8 Å². The van der Waals surface area contributed by atoms with Crippen molar-refractivity contribution in [1.29, 1.82) is 0 Å². The van der Waals surface area contributed by atoms with Crippen molar-refractivity contribution < 1.29 is 19.4 Å². The summed E-state index contributed by atoms with van der Waals surface area (Å²) >= 11 is 0. The lowest BCUT2D eigenvalue weighted by Gasteiger charge is -2.31. The summed E-state index contributed by atoms with van der Waals surface area (Å²) in [6, 6.07) is 0. The molecule has 0 aromatic carbocycles. The summed E-state index contributed by atoms with van der Waals surface area (Å²) in [6.45, 7) is 4.03. The lowest BCUT2D eigenvalue weighted by Crippen LogP contribution is -2.41. The molecule has 1 aliphatic rings. The zero-order valence-electron chi connectivity index (χ0n) is 9.99. The van der Waals surface area contributed by atoms with E-state index in [9.17, 15) is 14.7 Å². The number of carbonyl (C=O) groups is 2. The lowest BCUT2D eigenvalue weighted by atomic mass is 9.78. The largest absolute Gasteiger partial charge is 0.465 e. The van der Waals surface area contributed by atoms with Crippen LogP contribution in [0.3, 0.4) is 0 Å². The van der Waals surface area contributed by atoms with Gasteiger partial charge >= 0.3 is 5.97 Å². The molecule has 0 radical (unpaired) electrons. The molecule has 0 saturated heterocycles. The van der Waals surface area contributed by atoms with E-state index in [2.05, 4.69) is 0 Å². The Morgan fingerprint density at radius 2 is 2.31 bits per heavy atom. The van der Waals surface area contributed by atoms with Crippen LogP contribution in [-0.4, -0.2) is 29.1 Å². The van der Waals surface area contributed by atoms with Crippen LogP contribution in [0.25, 0.3) is 0 Å². The van der Waals surface area contributed by atoms with Gasteiger partial charge in [-0.05, 0) is 26.2 Å². The van der Waals surface area contributed by atoms with Crippen LogP contribution in [0.1, 0.15) is 46.0 Å². The Labute approximate surface area is 96.0 Å². The minimum absolute atomic E-state index is 0.104. The van der Waals surface area contributed by atoms with Crippen LogP contribution in [0.5, 0.6) is 0 Å². The standard InChI is InChI=1S/C12H20O4/c1-3-4-7-16-11(14)9-8-12(2,15)6-5-10(9)13/h9,15H,3-8H2,1-2H3. The van der Waals surface area contributed by atoms with E-state index in [4.69, 9.17) is 4.74 Å². The van der Waals surface area contributed by atoms with Crippen LogP contribution in [-0.2, 0) is 14.3 Å². The van der Waals surface area contributed by atoms with E-state index in [1.54, 1.807) is 6.92 Å². The van der Waals surface area contributed by atoms with Gasteiger partial charge in [-0.15, -0.1) is 0 Å². The predicted molar refractivity (Wildman–Crippen MR) is 58.8 cm³/mol. The molecule has 16 heavy (non-hydrogen) atoms. The third kappa shape index (κ3) is 3.59. The Morgan fingerprint density at radius 3 is 2.94 bits per heavy atom. The second-order valence-corrected chi connectivity index (χ2v) is 4.74. The maximum absolute atomic E-state index is 11.6. The molecule has 4 heteroatoms. The SMILES string of the molecule is CCCCOC(=O)C1CC(C)(O)CCC1=O. The first-order valence-corrected chi connectivity index (χ1v) is 5.88. The first-order chi connectivity index (χ1) is 7.46. The van der Waals surface area contributed by atoms with Crippen molar-refractivity contribution >= 4 is 11.8 Å². The summed E-state index contributed by atoms with van der Waals surface area (Å²) in [5.41, 5.74) is -0.914. The maximum Gasteiger partial charge on any atom is 0.316 e. The molecule has 0 bridgehead atoms. The first-order valence-electron chi connectivity index (χ1n) is 5.88. The Hall–Kier alpha value is -0.900. The summed E-state index contributed by atoms with van der Waals surface area (Å²) in [4.78, 5) is 23.2. The van der Waals surface area contributed by atoms with E-state index >= 15 is 0 Å². The van der Waals surface area contributed by atoms with E-state index in [1.807, 2.05) is 6.92 Å². The van der Waals surface area contributed by atoms with Crippen LogP contribution in [0.4, 0.5) is 0 Å². The van der Waals surface area contributed by atoms with Gasteiger partial charge in [-0.1, -0.05) is 13.3 Å². The number of unbranched alkanes of at least 4 members (excludes halogenated alkanes) is 1. The van der Waals surface area contributed by atoms with Crippen molar-refractivity contribution in [3.8, 4) is 0 Å². The normalized spacial score (nSPS) is 30.2. The molecule has 0 heterocycles. The van der Waals surface area contributed by atoms with Gasteiger partial charge < -0.3 is 9.84 Å². The zero-order valence-corrected chi connectivity index (χ0v) is 9.99. The van der Waals surface area contributed by atoms with Gasteiger partial charge in [-0.2, -0.15) is 0 Å². The number of ether oxygens (including phenoxy) is 1. The average molecular weight is 228 g/mol. The van der Waals surface area contributed by atoms with E-state index in [0.29, 0.717) is 13.0 Å². The third-order valence-electron chi connectivity index (χ3n) is 2.97. The average Bonchev–Trinajstić information content (AvgIpc) is 2.22. The molecule has 0 aliphatic heterocycles. The fraction of sp³-hybridized carbons (Fsp3) is 0.833. The van der Waals surface area contributed by atoms with Gasteiger partial charge in [0.2, 0.25) is 0 Å². The fourth-order valence-corrected chi connectivity index (χ4v) is 1.85. The number of hydrogen-bond donors (Lipinski definition) is 1. The molecule has 1 fully saturated rings. The number of carbonyl (C=O) groups excluding carboxylic acids is 2. The summed E-state index contributed by atoms with van der Waals surface area (Å²) in [5.74, 6) is -1.34. The molecule has 1 N–H and O–H groups in total. The van der Waals surface area contributed by atoms with Gasteiger partial charge in [0, 0.05) is 6.42 Å². The molecule has 2 unspecified atom stereocenters. The number of hydrogen-bond acceptors (Lipinski definition) is 4. The summed E-state index contributed by atoms with van der Waals surface area (Å²) in [5, 5.41) is 9.82. The highest BCUT2D eigenvalue weighted by atomic mass is 16.5. The van der Waals surface area contributed by atoms with Crippen molar-refractivity contribution in [2.45, 2.75) is 51.6 Å². The first kappa shape index (κ1) is 13.2. The van der Waals surface area contributed by atoms with Crippen molar-refractivity contribution in [2.75, 3.05) is 6.61 Å². The summed E-state index contributed by atoms with van der Waals surface area (Å²) in [7, 11) is 0. The third-order valence-corrected chi connectivity index (χ3v) is 2.97. The number of Topliss-reactive ketones (excluding diaryl/α,β-unsaturated/α-hetero) is 1. The number of esters is 1. The van der Waals surface area contributed by atoms with Crippen LogP contribution in [0, 0.1) is 5.92 Å². The maximum atomic E-state index is 11.6. The molecular weight excluding hydrogens is 208 g/mol. The number of ketones is 1. The molecule has 1 saturated carbocycles. The van der Waals surface area contributed by atoms with Crippen molar-refractivity contribution in [3.05, 3.63) is 0 Å². The summed E-state index contributed by atoms with van der Waals surface area (Å²) < 4.78 is 5.01. The highest BCUT2D eigenvalue weighted by molar-refractivity contribution is 5.99. The van der Waals surface area contributed by atoms with Crippen LogP contribution >= 0.6 is 0 Å². The monoisotopic (exact) mass is 228 g/mol. The van der Waals surface area contributed by atoms with E-state index < -0.39 is 17.5 Å². The molecule has 4 nitrogen and oxygen atoms in total. The van der Waals surface area contributed by atoms with Gasteiger partial charge in [0.1, 0.15) is 11.7 Å². The Kier molecular flexibility index (Phi) is 4.47. The topological polar surface area (TPSA) is 63.6 Å². The molecule has 92 valence electrons. The highest BCUT2D eigenvalue weighted by Gasteiger charge is 2.40. The second-order valence-electron chi connectivity index (χ2n) is 4.74. The van der Waals surface area contributed by atoms with E-state index in [-0.39, 0.29) is 18.6 Å². The molecule has 0 aromatic heterocycles. The van der Waals surface area contributed by atoms with Gasteiger partial charge in [-0.3, -0.25) is 9.59 Å². The summed E-state index contributed by atoms with van der Waals surface area (Å²) in [6.07, 6.45) is 2.65. The minimum Gasteiger partial charge on any atom is -0.465 e. The van der Waals surface area contributed by atoms with Gasteiger partial charge in [0.05, 0.1) is 12.2 Å². The van der Waals surface area contributed by atoms with Gasteiger partial charge in [0.15, 0.2) is 0 Å². The number of rotatable bonds is 4. The molecule has 2 atom stereocenters.